The van der Waals surface area contributed by atoms with Gasteiger partial charge in [-0.15, -0.1) is 22.9 Å². The molecule has 0 aromatic carbocycles. The number of ketones is 1. The molecule has 0 spiro atoms. The maximum Gasteiger partial charge on any atom is 0.196 e. The second kappa shape index (κ2) is 6.05. The zero-order valence-electron chi connectivity index (χ0n) is 8.70. The topological polar surface area (TPSA) is 42.4 Å². The van der Waals surface area contributed by atoms with E-state index in [4.69, 9.17) is 16.3 Å². The number of halogens is 1. The molecule has 6 heteroatoms. The minimum Gasteiger partial charge on any atom is -0.383 e. The highest BCUT2D eigenvalue weighted by molar-refractivity contribution is 7.13. The number of anilines is 1. The quantitative estimate of drug-likeness (QED) is 0.567. The van der Waals surface area contributed by atoms with E-state index in [1.54, 1.807) is 12.5 Å². The molecule has 84 valence electrons. The molecule has 0 amide bonds. The SMILES string of the molecule is COCCN(C)c1nc(C(=O)CCl)cs1. The number of rotatable bonds is 6. The molecule has 1 heterocycles. The van der Waals surface area contributed by atoms with Gasteiger partial charge in [0.1, 0.15) is 5.69 Å². The summed E-state index contributed by atoms with van der Waals surface area (Å²) in [7, 11) is 3.56. The summed E-state index contributed by atoms with van der Waals surface area (Å²) in [5.74, 6) is -0.162. The fourth-order valence-electron chi connectivity index (χ4n) is 0.960. The first-order valence-electron chi connectivity index (χ1n) is 4.43. The molecule has 0 saturated carbocycles. The highest BCUT2D eigenvalue weighted by atomic mass is 35.5. The molecule has 4 nitrogen and oxygen atoms in total. The molecule has 1 aromatic rings. The lowest BCUT2D eigenvalue weighted by Crippen LogP contribution is -2.22. The summed E-state index contributed by atoms with van der Waals surface area (Å²) in [6.07, 6.45) is 0. The van der Waals surface area contributed by atoms with Gasteiger partial charge >= 0.3 is 0 Å². The highest BCUT2D eigenvalue weighted by Crippen LogP contribution is 2.19. The number of aromatic nitrogens is 1. The monoisotopic (exact) mass is 248 g/mol. The Bertz CT molecular complexity index is 330. The number of likely N-dealkylation sites (N-methyl/N-ethyl adjacent to an activating group) is 1. The van der Waals surface area contributed by atoms with E-state index >= 15 is 0 Å². The van der Waals surface area contributed by atoms with E-state index in [-0.39, 0.29) is 11.7 Å². The maximum atomic E-state index is 11.2. The molecule has 0 unspecified atom stereocenters. The number of nitrogens with zero attached hydrogens (tertiary/aromatic N) is 2. The summed E-state index contributed by atoms with van der Waals surface area (Å²) in [4.78, 5) is 17.4. The van der Waals surface area contributed by atoms with Gasteiger partial charge < -0.3 is 9.64 Å². The molecule has 0 radical (unpaired) electrons. The standard InChI is InChI=1S/C9H13ClN2O2S/c1-12(3-4-14-2)9-11-7(6-15-9)8(13)5-10/h6H,3-5H2,1-2H3. The van der Waals surface area contributed by atoms with Crippen LogP contribution in [0.3, 0.4) is 0 Å². The molecule has 0 atom stereocenters. The number of carbonyl (C=O) groups excluding carboxylic acids is 1. The van der Waals surface area contributed by atoms with Crippen molar-refractivity contribution >= 4 is 33.9 Å². The Morgan fingerprint density at radius 2 is 2.47 bits per heavy atom. The van der Waals surface area contributed by atoms with Crippen LogP contribution in [-0.2, 0) is 4.74 Å². The van der Waals surface area contributed by atoms with E-state index < -0.39 is 0 Å². The van der Waals surface area contributed by atoms with Gasteiger partial charge in [-0.1, -0.05) is 0 Å². The first-order chi connectivity index (χ1) is 7.19. The van der Waals surface area contributed by atoms with Crippen molar-refractivity contribution in [2.24, 2.45) is 0 Å². The van der Waals surface area contributed by atoms with E-state index in [0.29, 0.717) is 12.3 Å². The molecular formula is C9H13ClN2O2S. The van der Waals surface area contributed by atoms with Gasteiger partial charge in [0.2, 0.25) is 0 Å². The fraction of sp³-hybridized carbons (Fsp3) is 0.556. The van der Waals surface area contributed by atoms with Crippen LogP contribution in [0, 0.1) is 0 Å². The van der Waals surface area contributed by atoms with E-state index in [2.05, 4.69) is 4.98 Å². The number of methoxy groups -OCH3 is 1. The minimum atomic E-state index is -0.140. The van der Waals surface area contributed by atoms with Gasteiger partial charge in [0.25, 0.3) is 0 Å². The zero-order chi connectivity index (χ0) is 11.3. The lowest BCUT2D eigenvalue weighted by Gasteiger charge is -2.14. The van der Waals surface area contributed by atoms with E-state index in [9.17, 15) is 4.79 Å². The van der Waals surface area contributed by atoms with Crippen molar-refractivity contribution in [3.63, 3.8) is 0 Å². The molecule has 0 aliphatic rings. The molecule has 0 saturated heterocycles. The molecule has 0 fully saturated rings. The van der Waals surface area contributed by atoms with E-state index in [1.165, 1.54) is 11.3 Å². The lowest BCUT2D eigenvalue weighted by atomic mass is 10.3. The predicted molar refractivity (Wildman–Crippen MR) is 62.3 cm³/mol. The van der Waals surface area contributed by atoms with Crippen molar-refractivity contribution < 1.29 is 9.53 Å². The van der Waals surface area contributed by atoms with Crippen LogP contribution in [-0.4, -0.2) is 44.0 Å². The average molecular weight is 249 g/mol. The van der Waals surface area contributed by atoms with Crippen molar-refractivity contribution in [2.45, 2.75) is 0 Å². The number of alkyl halides is 1. The first-order valence-corrected chi connectivity index (χ1v) is 5.85. The Labute approximate surface area is 97.8 Å². The van der Waals surface area contributed by atoms with Crippen LogP contribution in [0.2, 0.25) is 0 Å². The normalized spacial score (nSPS) is 10.3. The van der Waals surface area contributed by atoms with E-state index in [1.807, 2.05) is 11.9 Å². The third kappa shape index (κ3) is 3.44. The van der Waals surface area contributed by atoms with Crippen molar-refractivity contribution in [3.05, 3.63) is 11.1 Å². The smallest absolute Gasteiger partial charge is 0.196 e. The van der Waals surface area contributed by atoms with Crippen molar-refractivity contribution in [1.82, 2.24) is 4.98 Å². The van der Waals surface area contributed by atoms with Gasteiger partial charge in [0, 0.05) is 26.1 Å². The van der Waals surface area contributed by atoms with Gasteiger partial charge in [0.15, 0.2) is 10.9 Å². The van der Waals surface area contributed by atoms with Crippen LogP contribution in [0.25, 0.3) is 0 Å². The molecule has 0 aliphatic heterocycles. The maximum absolute atomic E-state index is 11.2. The van der Waals surface area contributed by atoms with Crippen LogP contribution in [0.15, 0.2) is 5.38 Å². The summed E-state index contributed by atoms with van der Waals surface area (Å²) >= 11 is 6.87. The van der Waals surface area contributed by atoms with Gasteiger partial charge in [-0.3, -0.25) is 4.79 Å². The van der Waals surface area contributed by atoms with Gasteiger partial charge in [-0.2, -0.15) is 0 Å². The number of hydrogen-bond donors (Lipinski definition) is 0. The average Bonchev–Trinajstić information content (AvgIpc) is 2.74. The molecular weight excluding hydrogens is 236 g/mol. The molecule has 1 aromatic heterocycles. The zero-order valence-corrected chi connectivity index (χ0v) is 10.3. The number of thiazole rings is 1. The molecule has 1 rings (SSSR count). The predicted octanol–water partition coefficient (Wildman–Crippen LogP) is 1.65. The van der Waals surface area contributed by atoms with E-state index in [0.717, 1.165) is 11.7 Å². The van der Waals surface area contributed by atoms with Gasteiger partial charge in [0.05, 0.1) is 12.5 Å². The lowest BCUT2D eigenvalue weighted by molar-refractivity contribution is 0.101. The Morgan fingerprint density at radius 3 is 3.07 bits per heavy atom. The third-order valence-electron chi connectivity index (χ3n) is 1.86. The van der Waals surface area contributed by atoms with Crippen molar-refractivity contribution in [3.8, 4) is 0 Å². The Morgan fingerprint density at radius 1 is 1.73 bits per heavy atom. The second-order valence-electron chi connectivity index (χ2n) is 2.99. The number of ether oxygens (including phenoxy) is 1. The largest absolute Gasteiger partial charge is 0.383 e. The Hall–Kier alpha value is -0.650. The van der Waals surface area contributed by atoms with Crippen LogP contribution < -0.4 is 4.90 Å². The summed E-state index contributed by atoms with van der Waals surface area (Å²) in [5.41, 5.74) is 0.439. The number of Topliss-reactive ketones (excluding diaryl/α,β-unsaturated/α-hetero) is 1. The first kappa shape index (κ1) is 12.4. The van der Waals surface area contributed by atoms with Crippen LogP contribution in [0.5, 0.6) is 0 Å². The summed E-state index contributed by atoms with van der Waals surface area (Å²) < 4.78 is 4.96. The Balaban J connectivity index is 2.62. The number of carbonyl (C=O) groups is 1. The second-order valence-corrected chi connectivity index (χ2v) is 4.09. The molecule has 0 aliphatic carbocycles. The van der Waals surface area contributed by atoms with Gasteiger partial charge in [-0.05, 0) is 0 Å². The molecule has 0 N–H and O–H groups in total. The van der Waals surface area contributed by atoms with Crippen LogP contribution in [0.1, 0.15) is 10.5 Å². The van der Waals surface area contributed by atoms with Gasteiger partial charge in [-0.25, -0.2) is 4.98 Å². The fourth-order valence-corrected chi connectivity index (χ4v) is 1.92. The van der Waals surface area contributed by atoms with Crippen molar-refractivity contribution in [1.29, 1.82) is 0 Å². The third-order valence-corrected chi connectivity index (χ3v) is 3.05. The summed E-state index contributed by atoms with van der Waals surface area (Å²) in [5, 5.41) is 2.53. The summed E-state index contributed by atoms with van der Waals surface area (Å²) in [6.45, 7) is 1.38. The Kier molecular flexibility index (Phi) is 5.01. The summed E-state index contributed by atoms with van der Waals surface area (Å²) in [6, 6.07) is 0. The molecule has 0 bridgehead atoms. The molecule has 15 heavy (non-hydrogen) atoms. The highest BCUT2D eigenvalue weighted by Gasteiger charge is 2.11. The number of hydrogen-bond acceptors (Lipinski definition) is 5. The minimum absolute atomic E-state index is 0.0229. The van der Waals surface area contributed by atoms with Crippen LogP contribution in [0.4, 0.5) is 5.13 Å². The van der Waals surface area contributed by atoms with Crippen LogP contribution >= 0.6 is 22.9 Å². The van der Waals surface area contributed by atoms with Crippen molar-refractivity contribution in [2.75, 3.05) is 38.1 Å².